The zero-order valence-electron chi connectivity index (χ0n) is 11.9. The number of ether oxygens (including phenoxy) is 1. The van der Waals surface area contributed by atoms with Gasteiger partial charge in [-0.05, 0) is 6.07 Å². The van der Waals surface area contributed by atoms with Crippen molar-refractivity contribution in [2.45, 2.75) is 0 Å². The predicted octanol–water partition coefficient (Wildman–Crippen LogP) is 0.902. The Labute approximate surface area is 133 Å². The number of rotatable bonds is 5. The molecule has 1 heterocycles. The molecule has 0 aliphatic heterocycles. The Morgan fingerprint density at radius 2 is 2.04 bits per heavy atom. The number of non-ortho nitro benzene ring substituents is 1. The number of nitrogens with one attached hydrogen (secondary N) is 1. The summed E-state index contributed by atoms with van der Waals surface area (Å²) in [5.74, 6) is -2.94. The SMILES string of the molecule is Nc1nccnc1C(=O)OCC(=O)Nc1cc([N+](=O)[O-])ccc1F. The van der Waals surface area contributed by atoms with Crippen molar-refractivity contribution in [1.82, 2.24) is 9.97 Å². The molecule has 2 rings (SSSR count). The van der Waals surface area contributed by atoms with Crippen LogP contribution in [0.15, 0.2) is 30.6 Å². The van der Waals surface area contributed by atoms with Crippen molar-refractivity contribution < 1.29 is 23.6 Å². The number of halogens is 1. The first-order valence-electron chi connectivity index (χ1n) is 6.36. The average Bonchev–Trinajstić information content (AvgIpc) is 2.55. The minimum atomic E-state index is -0.990. The van der Waals surface area contributed by atoms with Crippen LogP contribution in [0.3, 0.4) is 0 Å². The van der Waals surface area contributed by atoms with Gasteiger partial charge in [0.2, 0.25) is 0 Å². The maximum absolute atomic E-state index is 13.5. The van der Waals surface area contributed by atoms with Crippen molar-refractivity contribution in [3.8, 4) is 0 Å². The van der Waals surface area contributed by atoms with E-state index in [-0.39, 0.29) is 11.5 Å². The van der Waals surface area contributed by atoms with Crippen LogP contribution in [0.1, 0.15) is 10.5 Å². The van der Waals surface area contributed by atoms with Crippen molar-refractivity contribution >= 4 is 29.1 Å². The molecule has 1 amide bonds. The largest absolute Gasteiger partial charge is 0.451 e. The Hall–Kier alpha value is -3.63. The number of anilines is 2. The third-order valence-electron chi connectivity index (χ3n) is 2.69. The van der Waals surface area contributed by atoms with Crippen LogP contribution in [0.2, 0.25) is 0 Å². The maximum atomic E-state index is 13.5. The number of aromatic nitrogens is 2. The van der Waals surface area contributed by atoms with Gasteiger partial charge in [0, 0.05) is 24.5 Å². The summed E-state index contributed by atoms with van der Waals surface area (Å²) in [6.45, 7) is -0.767. The Morgan fingerprint density at radius 3 is 2.71 bits per heavy atom. The van der Waals surface area contributed by atoms with Gasteiger partial charge in [-0.2, -0.15) is 0 Å². The second-order valence-corrected chi connectivity index (χ2v) is 4.34. The summed E-state index contributed by atoms with van der Waals surface area (Å²) in [6.07, 6.45) is 2.48. The fourth-order valence-electron chi connectivity index (χ4n) is 1.61. The van der Waals surface area contributed by atoms with Gasteiger partial charge < -0.3 is 15.8 Å². The van der Waals surface area contributed by atoms with E-state index in [1.54, 1.807) is 0 Å². The van der Waals surface area contributed by atoms with Crippen LogP contribution in [0, 0.1) is 15.9 Å². The number of nitrogen functional groups attached to an aromatic ring is 1. The summed E-state index contributed by atoms with van der Waals surface area (Å²) < 4.78 is 18.2. The van der Waals surface area contributed by atoms with E-state index in [0.29, 0.717) is 0 Å². The van der Waals surface area contributed by atoms with E-state index in [1.165, 1.54) is 12.4 Å². The lowest BCUT2D eigenvalue weighted by Crippen LogP contribution is -2.22. The highest BCUT2D eigenvalue weighted by atomic mass is 19.1. The number of carbonyl (C=O) groups excluding carboxylic acids is 2. The van der Waals surface area contributed by atoms with Gasteiger partial charge >= 0.3 is 5.97 Å². The van der Waals surface area contributed by atoms with Crippen molar-refractivity contribution in [3.63, 3.8) is 0 Å². The summed E-state index contributed by atoms with van der Waals surface area (Å²) in [7, 11) is 0. The Morgan fingerprint density at radius 1 is 1.33 bits per heavy atom. The van der Waals surface area contributed by atoms with Crippen LogP contribution < -0.4 is 11.1 Å². The number of nitro benzene ring substituents is 1. The third-order valence-corrected chi connectivity index (χ3v) is 2.69. The lowest BCUT2D eigenvalue weighted by atomic mass is 10.2. The molecule has 11 heteroatoms. The number of amides is 1. The van der Waals surface area contributed by atoms with E-state index in [1.807, 2.05) is 0 Å². The van der Waals surface area contributed by atoms with E-state index in [4.69, 9.17) is 5.73 Å². The Bertz CT molecular complexity index is 813. The van der Waals surface area contributed by atoms with Gasteiger partial charge in [-0.3, -0.25) is 14.9 Å². The van der Waals surface area contributed by atoms with Gasteiger partial charge in [-0.25, -0.2) is 19.2 Å². The summed E-state index contributed by atoms with van der Waals surface area (Å²) in [5, 5.41) is 12.7. The van der Waals surface area contributed by atoms with Gasteiger partial charge in [-0.1, -0.05) is 0 Å². The van der Waals surface area contributed by atoms with Gasteiger partial charge in [0.05, 0.1) is 10.6 Å². The van der Waals surface area contributed by atoms with E-state index >= 15 is 0 Å². The summed E-state index contributed by atoms with van der Waals surface area (Å²) in [4.78, 5) is 40.5. The van der Waals surface area contributed by atoms with Crippen molar-refractivity contribution in [2.24, 2.45) is 0 Å². The molecular formula is C13H10FN5O5. The van der Waals surface area contributed by atoms with E-state index in [0.717, 1.165) is 18.2 Å². The van der Waals surface area contributed by atoms with Crippen LogP contribution in [0.25, 0.3) is 0 Å². The summed E-state index contributed by atoms with van der Waals surface area (Å²) in [5.41, 5.74) is 4.34. The molecule has 0 radical (unpaired) electrons. The van der Waals surface area contributed by atoms with Crippen molar-refractivity contribution in [1.29, 1.82) is 0 Å². The molecule has 1 aromatic carbocycles. The molecule has 0 saturated heterocycles. The van der Waals surface area contributed by atoms with Crippen molar-refractivity contribution in [2.75, 3.05) is 17.7 Å². The summed E-state index contributed by atoms with van der Waals surface area (Å²) in [6, 6.07) is 2.62. The number of nitrogens with two attached hydrogens (primary N) is 1. The molecule has 1 aromatic heterocycles. The second kappa shape index (κ2) is 7.09. The molecule has 124 valence electrons. The van der Waals surface area contributed by atoms with Crippen LogP contribution in [0.5, 0.6) is 0 Å². The zero-order valence-corrected chi connectivity index (χ0v) is 11.9. The molecule has 2 aromatic rings. The molecule has 0 spiro atoms. The van der Waals surface area contributed by atoms with Gasteiger partial charge in [-0.15, -0.1) is 0 Å². The first-order chi connectivity index (χ1) is 11.4. The first kappa shape index (κ1) is 16.7. The van der Waals surface area contributed by atoms with Gasteiger partial charge in [0.15, 0.2) is 18.1 Å². The van der Waals surface area contributed by atoms with Crippen LogP contribution in [0.4, 0.5) is 21.6 Å². The number of esters is 1. The molecule has 10 nitrogen and oxygen atoms in total. The minimum absolute atomic E-state index is 0.173. The minimum Gasteiger partial charge on any atom is -0.451 e. The normalized spacial score (nSPS) is 10.0. The van der Waals surface area contributed by atoms with Crippen LogP contribution in [-0.4, -0.2) is 33.4 Å². The quantitative estimate of drug-likeness (QED) is 0.464. The highest BCUT2D eigenvalue weighted by molar-refractivity contribution is 5.96. The fourth-order valence-corrected chi connectivity index (χ4v) is 1.61. The summed E-state index contributed by atoms with van der Waals surface area (Å²) >= 11 is 0. The monoisotopic (exact) mass is 335 g/mol. The van der Waals surface area contributed by atoms with E-state index in [9.17, 15) is 24.1 Å². The van der Waals surface area contributed by atoms with Crippen molar-refractivity contribution in [3.05, 3.63) is 52.2 Å². The molecule has 0 aliphatic carbocycles. The number of nitrogens with zero attached hydrogens (tertiary/aromatic N) is 3. The second-order valence-electron chi connectivity index (χ2n) is 4.34. The molecule has 3 N–H and O–H groups in total. The first-order valence-corrected chi connectivity index (χ1v) is 6.36. The Kier molecular flexibility index (Phi) is 4.94. The van der Waals surface area contributed by atoms with E-state index in [2.05, 4.69) is 20.0 Å². The topological polar surface area (TPSA) is 150 Å². The third kappa shape index (κ3) is 3.97. The van der Waals surface area contributed by atoms with Gasteiger partial charge in [0.25, 0.3) is 11.6 Å². The molecule has 0 fully saturated rings. The molecule has 0 unspecified atom stereocenters. The molecular weight excluding hydrogens is 325 g/mol. The lowest BCUT2D eigenvalue weighted by molar-refractivity contribution is -0.384. The lowest BCUT2D eigenvalue weighted by Gasteiger charge is -2.07. The number of nitro groups is 1. The molecule has 0 saturated carbocycles. The average molecular weight is 335 g/mol. The fraction of sp³-hybridized carbons (Fsp3) is 0.0769. The molecule has 24 heavy (non-hydrogen) atoms. The van der Waals surface area contributed by atoms with Crippen LogP contribution in [-0.2, 0) is 9.53 Å². The van der Waals surface area contributed by atoms with E-state index < -0.39 is 40.6 Å². The van der Waals surface area contributed by atoms with Crippen LogP contribution >= 0.6 is 0 Å². The highest BCUT2D eigenvalue weighted by Gasteiger charge is 2.17. The number of hydrogen-bond acceptors (Lipinski definition) is 8. The number of hydrogen-bond donors (Lipinski definition) is 2. The standard InChI is InChI=1S/C13H10FN5O5/c14-8-2-1-7(19(22)23)5-9(8)18-10(20)6-24-13(21)11-12(15)17-4-3-16-11/h1-5H,6H2,(H2,15,17)(H,18,20). The number of carbonyl (C=O) groups is 2. The molecule has 0 bridgehead atoms. The molecule has 0 atom stereocenters. The predicted molar refractivity (Wildman–Crippen MR) is 78.4 cm³/mol. The van der Waals surface area contributed by atoms with Gasteiger partial charge in [0.1, 0.15) is 5.82 Å². The maximum Gasteiger partial charge on any atom is 0.361 e. The highest BCUT2D eigenvalue weighted by Crippen LogP contribution is 2.21. The Balaban J connectivity index is 1.99. The zero-order chi connectivity index (χ0) is 17.7. The molecule has 0 aliphatic rings. The number of benzene rings is 1. The smallest absolute Gasteiger partial charge is 0.361 e.